The fraction of sp³-hybridized carbons (Fsp3) is 0.263. The Labute approximate surface area is 162 Å². The van der Waals surface area contributed by atoms with E-state index in [1.807, 2.05) is 6.92 Å². The molecule has 1 aromatic carbocycles. The van der Waals surface area contributed by atoms with Gasteiger partial charge in [0.2, 0.25) is 15.9 Å². The van der Waals surface area contributed by atoms with Crippen molar-refractivity contribution in [2.75, 3.05) is 6.54 Å². The Kier molecular flexibility index (Phi) is 4.78. The van der Waals surface area contributed by atoms with Crippen LogP contribution in [0.5, 0.6) is 0 Å². The molecule has 0 radical (unpaired) electrons. The van der Waals surface area contributed by atoms with Gasteiger partial charge in [-0.1, -0.05) is 17.7 Å². The van der Waals surface area contributed by atoms with Crippen molar-refractivity contribution < 1.29 is 17.6 Å². The molecule has 3 aromatic rings. The average molecular weight is 400 g/mol. The topological polar surface area (TPSA) is 97.4 Å². The number of fused-ring (bicyclic) bond motifs is 1. The molecule has 0 spiro atoms. The third kappa shape index (κ3) is 3.46. The zero-order chi connectivity index (χ0) is 19.7. The van der Waals surface area contributed by atoms with Crippen molar-refractivity contribution >= 4 is 15.9 Å². The Hall–Kier alpha value is -2.91. The van der Waals surface area contributed by atoms with E-state index in [0.717, 1.165) is 5.56 Å². The number of aryl methyl sites for hydroxylation is 1. The number of benzene rings is 1. The minimum absolute atomic E-state index is 0.0313. The molecule has 0 bridgehead atoms. The average Bonchev–Trinajstić information content (AvgIpc) is 3.37. The molecule has 8 nitrogen and oxygen atoms in total. The number of rotatable bonds is 5. The Balaban J connectivity index is 1.58. The largest absolute Gasteiger partial charge is 0.467 e. The molecule has 1 aliphatic rings. The summed E-state index contributed by atoms with van der Waals surface area (Å²) in [5.41, 5.74) is 1.64. The van der Waals surface area contributed by atoms with Crippen LogP contribution in [0.3, 0.4) is 0 Å². The monoisotopic (exact) mass is 400 g/mol. The van der Waals surface area contributed by atoms with E-state index >= 15 is 0 Å². The molecule has 0 saturated heterocycles. The molecule has 9 heteroatoms. The number of carbonyl (C=O) groups is 1. The molecule has 146 valence electrons. The zero-order valence-corrected chi connectivity index (χ0v) is 16.1. The number of nitrogens with one attached hydrogen (secondary N) is 1. The van der Waals surface area contributed by atoms with E-state index in [0.29, 0.717) is 11.5 Å². The maximum Gasteiger partial charge on any atom is 0.244 e. The van der Waals surface area contributed by atoms with Gasteiger partial charge in [-0.15, -0.1) is 0 Å². The summed E-state index contributed by atoms with van der Waals surface area (Å²) in [5.74, 6) is 0.332. The molecular weight excluding hydrogens is 380 g/mol. The first-order chi connectivity index (χ1) is 13.4. The lowest BCUT2D eigenvalue weighted by Gasteiger charge is -2.32. The molecule has 0 fully saturated rings. The standard InChI is InChI=1S/C19H20N4O4S/c1-14-4-6-17(7-5-14)28(25,26)22-11-15-9-20-13-23(15)18(12-22)19(24)21-10-16-3-2-8-27-16/h2-9,13,18H,10-12H2,1H3,(H,21,24)/t18-/m0/s1. The molecule has 1 aliphatic heterocycles. The van der Waals surface area contributed by atoms with Gasteiger partial charge < -0.3 is 14.3 Å². The number of aromatic nitrogens is 2. The van der Waals surface area contributed by atoms with Gasteiger partial charge >= 0.3 is 0 Å². The van der Waals surface area contributed by atoms with Crippen LogP contribution < -0.4 is 5.32 Å². The van der Waals surface area contributed by atoms with Gasteiger partial charge in [0, 0.05) is 12.7 Å². The van der Waals surface area contributed by atoms with E-state index in [1.165, 1.54) is 10.6 Å². The second-order valence-electron chi connectivity index (χ2n) is 6.72. The van der Waals surface area contributed by atoms with Crippen molar-refractivity contribution in [3.05, 3.63) is 72.2 Å². The van der Waals surface area contributed by atoms with Crippen LogP contribution in [-0.2, 0) is 27.9 Å². The van der Waals surface area contributed by atoms with Crippen molar-refractivity contribution in [3.63, 3.8) is 0 Å². The van der Waals surface area contributed by atoms with Crippen LogP contribution in [0.2, 0.25) is 0 Å². The van der Waals surface area contributed by atoms with Gasteiger partial charge in [0.1, 0.15) is 11.8 Å². The predicted octanol–water partition coefficient (Wildman–Crippen LogP) is 1.85. The summed E-state index contributed by atoms with van der Waals surface area (Å²) in [6, 6.07) is 9.49. The highest BCUT2D eigenvalue weighted by molar-refractivity contribution is 7.89. The van der Waals surface area contributed by atoms with Crippen LogP contribution in [0.4, 0.5) is 0 Å². The van der Waals surface area contributed by atoms with E-state index < -0.39 is 16.1 Å². The Bertz CT molecular complexity index is 1070. The van der Waals surface area contributed by atoms with Crippen LogP contribution in [-0.4, -0.2) is 34.7 Å². The molecule has 3 heterocycles. The first kappa shape index (κ1) is 18.5. The number of hydrogen-bond acceptors (Lipinski definition) is 5. The molecule has 1 amide bonds. The highest BCUT2D eigenvalue weighted by Crippen LogP contribution is 2.27. The molecule has 1 N–H and O–H groups in total. The lowest BCUT2D eigenvalue weighted by molar-refractivity contribution is -0.125. The van der Waals surface area contributed by atoms with Crippen molar-refractivity contribution in [1.29, 1.82) is 0 Å². The molecule has 1 atom stereocenters. The van der Waals surface area contributed by atoms with E-state index in [1.54, 1.807) is 53.5 Å². The Morgan fingerprint density at radius 3 is 2.79 bits per heavy atom. The lowest BCUT2D eigenvalue weighted by Crippen LogP contribution is -2.46. The molecule has 0 aliphatic carbocycles. The minimum Gasteiger partial charge on any atom is -0.467 e. The van der Waals surface area contributed by atoms with Gasteiger partial charge in [-0.2, -0.15) is 4.31 Å². The van der Waals surface area contributed by atoms with Gasteiger partial charge in [-0.05, 0) is 31.2 Å². The lowest BCUT2D eigenvalue weighted by atomic mass is 10.2. The number of furan rings is 1. The van der Waals surface area contributed by atoms with Crippen molar-refractivity contribution in [1.82, 2.24) is 19.2 Å². The van der Waals surface area contributed by atoms with E-state index in [-0.39, 0.29) is 30.4 Å². The first-order valence-corrected chi connectivity index (χ1v) is 10.3. The van der Waals surface area contributed by atoms with Crippen molar-refractivity contribution in [3.8, 4) is 0 Å². The highest BCUT2D eigenvalue weighted by Gasteiger charge is 2.36. The van der Waals surface area contributed by atoms with Gasteiger partial charge in [-0.3, -0.25) is 4.79 Å². The van der Waals surface area contributed by atoms with E-state index in [2.05, 4.69) is 10.3 Å². The minimum atomic E-state index is -3.73. The van der Waals surface area contributed by atoms with E-state index in [9.17, 15) is 13.2 Å². The number of sulfonamides is 1. The molecule has 0 saturated carbocycles. The summed E-state index contributed by atoms with van der Waals surface area (Å²) >= 11 is 0. The molecule has 2 aromatic heterocycles. The SMILES string of the molecule is Cc1ccc(S(=O)(=O)N2Cc3cncn3[C@H](C(=O)NCc3ccco3)C2)cc1. The quantitative estimate of drug-likeness (QED) is 0.705. The third-order valence-electron chi connectivity index (χ3n) is 4.78. The van der Waals surface area contributed by atoms with Gasteiger partial charge in [0.25, 0.3) is 0 Å². The maximum absolute atomic E-state index is 13.1. The third-order valence-corrected chi connectivity index (χ3v) is 6.60. The maximum atomic E-state index is 13.1. The van der Waals surface area contributed by atoms with E-state index in [4.69, 9.17) is 4.42 Å². The fourth-order valence-corrected chi connectivity index (χ4v) is 4.64. The summed E-state index contributed by atoms with van der Waals surface area (Å²) in [4.78, 5) is 17.1. The summed E-state index contributed by atoms with van der Waals surface area (Å²) < 4.78 is 34.5. The second-order valence-corrected chi connectivity index (χ2v) is 8.65. The molecular formula is C19H20N4O4S. The summed E-state index contributed by atoms with van der Waals surface area (Å²) in [6.45, 7) is 2.33. The van der Waals surface area contributed by atoms with Crippen LogP contribution in [0.1, 0.15) is 23.1 Å². The van der Waals surface area contributed by atoms with Crippen LogP contribution >= 0.6 is 0 Å². The fourth-order valence-electron chi connectivity index (χ4n) is 3.22. The normalized spacial score (nSPS) is 17.2. The predicted molar refractivity (Wildman–Crippen MR) is 101 cm³/mol. The van der Waals surface area contributed by atoms with Crippen molar-refractivity contribution in [2.24, 2.45) is 0 Å². The number of carbonyl (C=O) groups excluding carboxylic acids is 1. The molecule has 0 unspecified atom stereocenters. The highest BCUT2D eigenvalue weighted by atomic mass is 32.2. The van der Waals surface area contributed by atoms with Gasteiger partial charge in [-0.25, -0.2) is 13.4 Å². The number of imidazole rings is 1. The number of nitrogens with zero attached hydrogens (tertiary/aromatic N) is 3. The number of hydrogen-bond donors (Lipinski definition) is 1. The first-order valence-electron chi connectivity index (χ1n) is 8.83. The Morgan fingerprint density at radius 2 is 2.07 bits per heavy atom. The van der Waals surface area contributed by atoms with Gasteiger partial charge in [0.15, 0.2) is 0 Å². The number of amides is 1. The van der Waals surface area contributed by atoms with Crippen LogP contribution in [0.25, 0.3) is 0 Å². The molecule has 28 heavy (non-hydrogen) atoms. The molecule has 4 rings (SSSR count). The summed E-state index contributed by atoms with van der Waals surface area (Å²) in [7, 11) is -3.73. The van der Waals surface area contributed by atoms with Crippen LogP contribution in [0, 0.1) is 6.92 Å². The Morgan fingerprint density at radius 1 is 1.29 bits per heavy atom. The van der Waals surface area contributed by atoms with Gasteiger partial charge in [0.05, 0.1) is 36.3 Å². The zero-order valence-electron chi connectivity index (χ0n) is 15.3. The summed E-state index contributed by atoms with van der Waals surface area (Å²) in [5, 5.41) is 2.80. The second kappa shape index (κ2) is 7.25. The summed E-state index contributed by atoms with van der Waals surface area (Å²) in [6.07, 6.45) is 4.68. The smallest absolute Gasteiger partial charge is 0.244 e. The van der Waals surface area contributed by atoms with Crippen LogP contribution in [0.15, 0.2) is 64.5 Å². The van der Waals surface area contributed by atoms with Crippen molar-refractivity contribution in [2.45, 2.75) is 31.0 Å².